The van der Waals surface area contributed by atoms with Gasteiger partial charge in [-0.15, -0.1) is 24.0 Å². The molecule has 0 fully saturated rings. The topological polar surface area (TPSA) is 54.9 Å². The van der Waals surface area contributed by atoms with Crippen molar-refractivity contribution >= 4 is 45.9 Å². The molecule has 5 nitrogen and oxygen atoms in total. The molecule has 0 aliphatic heterocycles. The van der Waals surface area contributed by atoms with E-state index >= 15 is 0 Å². The van der Waals surface area contributed by atoms with Crippen molar-refractivity contribution < 1.29 is 9.47 Å². The molecule has 0 aliphatic rings. The van der Waals surface area contributed by atoms with Crippen LogP contribution in [-0.2, 0) is 13.0 Å². The van der Waals surface area contributed by atoms with Gasteiger partial charge < -0.3 is 20.1 Å². The summed E-state index contributed by atoms with van der Waals surface area (Å²) in [7, 11) is 5.06. The highest BCUT2D eigenvalue weighted by Crippen LogP contribution is 2.27. The molecule has 0 saturated heterocycles. The van der Waals surface area contributed by atoms with Crippen molar-refractivity contribution in [3.8, 4) is 11.5 Å². The first-order valence-corrected chi connectivity index (χ1v) is 8.85. The zero-order valence-corrected chi connectivity index (χ0v) is 19.1. The molecule has 0 aromatic heterocycles. The fourth-order valence-electron chi connectivity index (χ4n) is 2.41. The summed E-state index contributed by atoms with van der Waals surface area (Å²) in [5.74, 6) is 2.27. The van der Waals surface area contributed by atoms with E-state index in [0.29, 0.717) is 0 Å². The standard InChI is InChI=1S/C19H24BrN3O2.HI/c1-21-19(23-13-15-5-4-6-16(20)11-15)22-10-9-14-7-8-17(24-2)18(12-14)25-3;/h4-8,11-12H,9-10,13H2,1-3H3,(H2,21,22,23);1H. The summed E-state index contributed by atoms with van der Waals surface area (Å²) in [4.78, 5) is 4.26. The van der Waals surface area contributed by atoms with Crippen molar-refractivity contribution in [2.75, 3.05) is 27.8 Å². The molecule has 0 atom stereocenters. The Labute approximate surface area is 180 Å². The Morgan fingerprint density at radius 2 is 1.77 bits per heavy atom. The number of methoxy groups -OCH3 is 2. The van der Waals surface area contributed by atoms with Crippen LogP contribution in [0.1, 0.15) is 11.1 Å². The molecule has 26 heavy (non-hydrogen) atoms. The molecule has 0 unspecified atom stereocenters. The largest absolute Gasteiger partial charge is 0.493 e. The van der Waals surface area contributed by atoms with Crippen LogP contribution >= 0.6 is 39.9 Å². The molecule has 0 bridgehead atoms. The summed E-state index contributed by atoms with van der Waals surface area (Å²) in [5, 5.41) is 6.64. The lowest BCUT2D eigenvalue weighted by molar-refractivity contribution is 0.354. The van der Waals surface area contributed by atoms with Crippen LogP contribution in [0.3, 0.4) is 0 Å². The number of rotatable bonds is 7. The molecule has 0 amide bonds. The SMILES string of the molecule is CN=C(NCCc1ccc(OC)c(OC)c1)NCc1cccc(Br)c1.I. The van der Waals surface area contributed by atoms with Crippen LogP contribution in [0.25, 0.3) is 0 Å². The minimum Gasteiger partial charge on any atom is -0.493 e. The third-order valence-corrected chi connectivity index (χ3v) is 4.22. The van der Waals surface area contributed by atoms with Crippen LogP contribution in [0.4, 0.5) is 0 Å². The number of ether oxygens (including phenoxy) is 2. The highest BCUT2D eigenvalue weighted by atomic mass is 127. The molecule has 0 heterocycles. The molecule has 2 aromatic rings. The zero-order chi connectivity index (χ0) is 18.1. The Bertz CT molecular complexity index is 726. The molecule has 2 N–H and O–H groups in total. The maximum absolute atomic E-state index is 5.34. The second-order valence-corrected chi connectivity index (χ2v) is 6.34. The van der Waals surface area contributed by atoms with Gasteiger partial charge in [0, 0.05) is 24.6 Å². The van der Waals surface area contributed by atoms with Gasteiger partial charge in [0.2, 0.25) is 0 Å². The third-order valence-electron chi connectivity index (χ3n) is 3.73. The van der Waals surface area contributed by atoms with E-state index in [1.165, 1.54) is 11.1 Å². The highest BCUT2D eigenvalue weighted by Gasteiger charge is 2.05. The van der Waals surface area contributed by atoms with Crippen LogP contribution < -0.4 is 20.1 Å². The van der Waals surface area contributed by atoms with Gasteiger partial charge in [-0.05, 0) is 41.8 Å². The van der Waals surface area contributed by atoms with E-state index < -0.39 is 0 Å². The molecule has 0 radical (unpaired) electrons. The Morgan fingerprint density at radius 1 is 1.00 bits per heavy atom. The summed E-state index contributed by atoms with van der Waals surface area (Å²) in [6, 6.07) is 14.2. The van der Waals surface area contributed by atoms with E-state index in [1.807, 2.05) is 30.3 Å². The Balaban J connectivity index is 0.00000338. The van der Waals surface area contributed by atoms with Crippen molar-refractivity contribution in [2.45, 2.75) is 13.0 Å². The fourth-order valence-corrected chi connectivity index (χ4v) is 2.86. The fraction of sp³-hybridized carbons (Fsp3) is 0.316. The molecular weight excluding hydrogens is 509 g/mol. The van der Waals surface area contributed by atoms with Gasteiger partial charge >= 0.3 is 0 Å². The monoisotopic (exact) mass is 533 g/mol. The molecule has 142 valence electrons. The maximum Gasteiger partial charge on any atom is 0.191 e. The summed E-state index contributed by atoms with van der Waals surface area (Å²) in [5.41, 5.74) is 2.37. The van der Waals surface area contributed by atoms with Gasteiger partial charge in [0.15, 0.2) is 17.5 Å². The predicted molar refractivity (Wildman–Crippen MR) is 121 cm³/mol. The van der Waals surface area contributed by atoms with Gasteiger partial charge in [0.1, 0.15) is 0 Å². The van der Waals surface area contributed by atoms with E-state index in [2.05, 4.69) is 43.7 Å². The van der Waals surface area contributed by atoms with Crippen LogP contribution in [0.5, 0.6) is 11.5 Å². The smallest absolute Gasteiger partial charge is 0.191 e. The van der Waals surface area contributed by atoms with E-state index in [9.17, 15) is 0 Å². The number of aliphatic imine (C=N–C) groups is 1. The van der Waals surface area contributed by atoms with Crippen molar-refractivity contribution in [3.05, 3.63) is 58.1 Å². The third kappa shape index (κ3) is 7.03. The number of nitrogens with one attached hydrogen (secondary N) is 2. The average molecular weight is 534 g/mol. The van der Waals surface area contributed by atoms with Gasteiger partial charge in [0.25, 0.3) is 0 Å². The lowest BCUT2D eigenvalue weighted by Gasteiger charge is -2.13. The highest BCUT2D eigenvalue weighted by molar-refractivity contribution is 14.0. The summed E-state index contributed by atoms with van der Waals surface area (Å²) in [6.45, 7) is 1.49. The Hall–Kier alpha value is -1.48. The van der Waals surface area contributed by atoms with Gasteiger partial charge in [-0.2, -0.15) is 0 Å². The first-order chi connectivity index (χ1) is 12.2. The molecule has 7 heteroatoms. The zero-order valence-electron chi connectivity index (χ0n) is 15.2. The Kier molecular flexibility index (Phi) is 10.4. The van der Waals surface area contributed by atoms with E-state index in [-0.39, 0.29) is 24.0 Å². The molecule has 2 aromatic carbocycles. The maximum atomic E-state index is 5.34. The molecular formula is C19H25BrIN3O2. The van der Waals surface area contributed by atoms with Crippen LogP contribution in [0.15, 0.2) is 51.9 Å². The second kappa shape index (κ2) is 12.0. The minimum absolute atomic E-state index is 0. The predicted octanol–water partition coefficient (Wildman–Crippen LogP) is 3.99. The number of nitrogens with zero attached hydrogens (tertiary/aromatic N) is 1. The molecule has 0 spiro atoms. The van der Waals surface area contributed by atoms with Crippen LogP contribution in [0, 0.1) is 0 Å². The first kappa shape index (κ1) is 22.6. The summed E-state index contributed by atoms with van der Waals surface area (Å²) in [6.07, 6.45) is 0.859. The first-order valence-electron chi connectivity index (χ1n) is 8.06. The molecule has 0 aliphatic carbocycles. The molecule has 2 rings (SSSR count). The Morgan fingerprint density at radius 3 is 2.42 bits per heavy atom. The van der Waals surface area contributed by atoms with Crippen molar-refractivity contribution in [2.24, 2.45) is 4.99 Å². The van der Waals surface area contributed by atoms with Gasteiger partial charge in [0.05, 0.1) is 14.2 Å². The number of hydrogen-bond donors (Lipinski definition) is 2. The molecule has 0 saturated carbocycles. The van der Waals surface area contributed by atoms with E-state index in [4.69, 9.17) is 9.47 Å². The number of hydrogen-bond acceptors (Lipinski definition) is 3. The van der Waals surface area contributed by atoms with E-state index in [0.717, 1.165) is 41.4 Å². The van der Waals surface area contributed by atoms with E-state index in [1.54, 1.807) is 21.3 Å². The lowest BCUT2D eigenvalue weighted by atomic mass is 10.1. The van der Waals surface area contributed by atoms with Crippen LogP contribution in [-0.4, -0.2) is 33.8 Å². The van der Waals surface area contributed by atoms with Crippen molar-refractivity contribution in [1.29, 1.82) is 0 Å². The number of halogens is 2. The number of guanidine groups is 1. The van der Waals surface area contributed by atoms with Gasteiger partial charge in [-0.3, -0.25) is 4.99 Å². The summed E-state index contributed by atoms with van der Waals surface area (Å²) < 4.78 is 11.7. The number of benzene rings is 2. The second-order valence-electron chi connectivity index (χ2n) is 5.42. The average Bonchev–Trinajstić information content (AvgIpc) is 2.64. The van der Waals surface area contributed by atoms with Gasteiger partial charge in [-0.1, -0.05) is 34.1 Å². The van der Waals surface area contributed by atoms with Gasteiger partial charge in [-0.25, -0.2) is 0 Å². The van der Waals surface area contributed by atoms with Crippen molar-refractivity contribution in [3.63, 3.8) is 0 Å². The normalized spacial score (nSPS) is 10.7. The van der Waals surface area contributed by atoms with Crippen molar-refractivity contribution in [1.82, 2.24) is 10.6 Å². The lowest BCUT2D eigenvalue weighted by Crippen LogP contribution is -2.37. The summed E-state index contributed by atoms with van der Waals surface area (Å²) >= 11 is 3.48. The quantitative estimate of drug-likeness (QED) is 0.321. The minimum atomic E-state index is 0. The van der Waals surface area contributed by atoms with Crippen LogP contribution in [0.2, 0.25) is 0 Å².